The molecule has 0 unspecified atom stereocenters. The molecule has 2 amide bonds. The van der Waals surface area contributed by atoms with Crippen molar-refractivity contribution in [3.8, 4) is 5.69 Å². The van der Waals surface area contributed by atoms with Crippen molar-refractivity contribution in [2.45, 2.75) is 18.6 Å². The molecule has 0 aliphatic rings. The molecule has 1 heterocycles. The first-order valence-corrected chi connectivity index (χ1v) is 12.6. The maximum atomic E-state index is 12.6. The van der Waals surface area contributed by atoms with Gasteiger partial charge in [0, 0.05) is 16.9 Å². The van der Waals surface area contributed by atoms with E-state index in [2.05, 4.69) is 20.8 Å². The Kier molecular flexibility index (Phi) is 8.66. The van der Waals surface area contributed by atoms with E-state index in [0.29, 0.717) is 34.4 Å². The predicted octanol–water partition coefficient (Wildman–Crippen LogP) is 4.10. The predicted molar refractivity (Wildman–Crippen MR) is 141 cm³/mol. The van der Waals surface area contributed by atoms with Crippen molar-refractivity contribution in [2.24, 2.45) is 0 Å². The molecule has 4 rings (SSSR count). The van der Waals surface area contributed by atoms with Gasteiger partial charge < -0.3 is 15.4 Å². The Bertz CT molecular complexity index is 1360. The summed E-state index contributed by atoms with van der Waals surface area (Å²) >= 11 is 1.23. The fourth-order valence-electron chi connectivity index (χ4n) is 3.43. The molecule has 4 aromatic rings. The third-order valence-corrected chi connectivity index (χ3v) is 6.10. The molecule has 9 nitrogen and oxygen atoms in total. The Hall–Kier alpha value is -4.44. The molecule has 0 aliphatic carbocycles. The summed E-state index contributed by atoms with van der Waals surface area (Å²) in [4.78, 5) is 36.9. The second-order valence-corrected chi connectivity index (χ2v) is 8.70. The Morgan fingerprint density at radius 2 is 1.54 bits per heavy atom. The van der Waals surface area contributed by atoms with Crippen LogP contribution in [-0.2, 0) is 16.1 Å². The van der Waals surface area contributed by atoms with Crippen LogP contribution >= 0.6 is 11.8 Å². The Morgan fingerprint density at radius 1 is 0.865 bits per heavy atom. The molecule has 0 atom stereocenters. The minimum absolute atomic E-state index is 0.0843. The number of amides is 2. The molecule has 0 spiro atoms. The van der Waals surface area contributed by atoms with Crippen molar-refractivity contribution in [3.05, 3.63) is 102 Å². The van der Waals surface area contributed by atoms with E-state index >= 15 is 0 Å². The number of benzene rings is 3. The number of hydrogen-bond acceptors (Lipinski definition) is 7. The SMILES string of the molecule is CCOC(=O)c1ccc(NC(=O)CSc2nnc(CNC(=O)c3ccccc3)n2-c2ccccc2)cc1. The molecule has 10 heteroatoms. The van der Waals surface area contributed by atoms with Crippen LogP contribution in [0.5, 0.6) is 0 Å². The van der Waals surface area contributed by atoms with Gasteiger partial charge in [0.25, 0.3) is 5.91 Å². The van der Waals surface area contributed by atoms with E-state index in [-0.39, 0.29) is 24.1 Å². The average molecular weight is 516 g/mol. The summed E-state index contributed by atoms with van der Waals surface area (Å²) in [6, 6.07) is 24.9. The number of rotatable bonds is 10. The number of carbonyl (C=O) groups is 3. The van der Waals surface area contributed by atoms with Crippen LogP contribution in [0.4, 0.5) is 5.69 Å². The summed E-state index contributed by atoms with van der Waals surface area (Å²) in [5.41, 5.74) is 2.34. The molecule has 0 radical (unpaired) electrons. The van der Waals surface area contributed by atoms with Gasteiger partial charge >= 0.3 is 5.97 Å². The number of anilines is 1. The number of hydrogen-bond donors (Lipinski definition) is 2. The highest BCUT2D eigenvalue weighted by atomic mass is 32.2. The minimum atomic E-state index is -0.410. The van der Waals surface area contributed by atoms with E-state index in [9.17, 15) is 14.4 Å². The lowest BCUT2D eigenvalue weighted by atomic mass is 10.2. The third-order valence-electron chi connectivity index (χ3n) is 5.17. The molecular weight excluding hydrogens is 490 g/mol. The van der Waals surface area contributed by atoms with Crippen LogP contribution in [0.15, 0.2) is 90.1 Å². The summed E-state index contributed by atoms with van der Waals surface area (Å²) in [7, 11) is 0. The standard InChI is InChI=1S/C27H25N5O4S/c1-2-36-26(35)20-13-15-21(16-14-20)29-24(33)18-37-27-31-30-23(32(27)22-11-7-4-8-12-22)17-28-25(34)19-9-5-3-6-10-19/h3-16H,2,17-18H2,1H3,(H,28,34)(H,29,33). The van der Waals surface area contributed by atoms with Gasteiger partial charge in [0.2, 0.25) is 5.91 Å². The fourth-order valence-corrected chi connectivity index (χ4v) is 4.20. The molecule has 2 N–H and O–H groups in total. The highest BCUT2D eigenvalue weighted by Gasteiger charge is 2.17. The van der Waals surface area contributed by atoms with E-state index in [1.165, 1.54) is 11.8 Å². The average Bonchev–Trinajstić information content (AvgIpc) is 3.35. The lowest BCUT2D eigenvalue weighted by Gasteiger charge is -2.11. The molecule has 0 bridgehead atoms. The van der Waals surface area contributed by atoms with Gasteiger partial charge in [-0.15, -0.1) is 10.2 Å². The van der Waals surface area contributed by atoms with Gasteiger partial charge in [-0.3, -0.25) is 14.2 Å². The highest BCUT2D eigenvalue weighted by Crippen LogP contribution is 2.22. The van der Waals surface area contributed by atoms with E-state index in [0.717, 1.165) is 5.69 Å². The van der Waals surface area contributed by atoms with Crippen molar-refractivity contribution in [3.63, 3.8) is 0 Å². The summed E-state index contributed by atoms with van der Waals surface area (Å²) in [6.45, 7) is 2.20. The van der Waals surface area contributed by atoms with Crippen molar-refractivity contribution in [1.29, 1.82) is 0 Å². The number of thioether (sulfide) groups is 1. The van der Waals surface area contributed by atoms with Gasteiger partial charge in [-0.05, 0) is 55.5 Å². The minimum Gasteiger partial charge on any atom is -0.462 e. The number of para-hydroxylation sites is 1. The summed E-state index contributed by atoms with van der Waals surface area (Å²) in [5, 5.41) is 14.7. The first-order valence-electron chi connectivity index (χ1n) is 11.6. The zero-order valence-corrected chi connectivity index (χ0v) is 20.9. The van der Waals surface area contributed by atoms with Crippen LogP contribution in [-0.4, -0.2) is 44.9 Å². The number of esters is 1. The van der Waals surface area contributed by atoms with Crippen LogP contribution in [0.25, 0.3) is 5.69 Å². The Balaban J connectivity index is 1.42. The molecule has 188 valence electrons. The van der Waals surface area contributed by atoms with Gasteiger partial charge in [0.05, 0.1) is 24.5 Å². The molecule has 0 aliphatic heterocycles. The molecule has 0 saturated carbocycles. The molecular formula is C27H25N5O4S. The maximum absolute atomic E-state index is 12.6. The molecule has 0 saturated heterocycles. The smallest absolute Gasteiger partial charge is 0.338 e. The van der Waals surface area contributed by atoms with Crippen molar-refractivity contribution in [1.82, 2.24) is 20.1 Å². The Morgan fingerprint density at radius 3 is 2.22 bits per heavy atom. The number of nitrogens with zero attached hydrogens (tertiary/aromatic N) is 3. The molecule has 0 fully saturated rings. The lowest BCUT2D eigenvalue weighted by Crippen LogP contribution is -2.24. The van der Waals surface area contributed by atoms with Crippen LogP contribution in [0, 0.1) is 0 Å². The monoisotopic (exact) mass is 515 g/mol. The summed E-state index contributed by atoms with van der Waals surface area (Å²) < 4.78 is 6.79. The largest absolute Gasteiger partial charge is 0.462 e. The second-order valence-electron chi connectivity index (χ2n) is 7.75. The molecule has 3 aromatic carbocycles. The van der Waals surface area contributed by atoms with Crippen molar-refractivity contribution < 1.29 is 19.1 Å². The van der Waals surface area contributed by atoms with Gasteiger partial charge in [-0.2, -0.15) is 0 Å². The van der Waals surface area contributed by atoms with E-state index < -0.39 is 5.97 Å². The Labute approximate surface area is 218 Å². The molecule has 37 heavy (non-hydrogen) atoms. The third kappa shape index (κ3) is 6.83. The number of carbonyl (C=O) groups excluding carboxylic acids is 3. The van der Waals surface area contributed by atoms with Crippen LogP contribution in [0.2, 0.25) is 0 Å². The van der Waals surface area contributed by atoms with Gasteiger partial charge in [-0.25, -0.2) is 4.79 Å². The number of nitrogens with one attached hydrogen (secondary N) is 2. The molecule has 1 aromatic heterocycles. The summed E-state index contributed by atoms with van der Waals surface area (Å²) in [5.74, 6) is -0.248. The van der Waals surface area contributed by atoms with Gasteiger partial charge in [0.1, 0.15) is 0 Å². The second kappa shape index (κ2) is 12.5. The van der Waals surface area contributed by atoms with E-state index in [1.54, 1.807) is 55.5 Å². The first-order chi connectivity index (χ1) is 18.0. The van der Waals surface area contributed by atoms with E-state index in [4.69, 9.17) is 4.74 Å². The van der Waals surface area contributed by atoms with Crippen LogP contribution in [0.1, 0.15) is 33.5 Å². The maximum Gasteiger partial charge on any atom is 0.338 e. The zero-order valence-electron chi connectivity index (χ0n) is 20.1. The fraction of sp³-hybridized carbons (Fsp3) is 0.148. The van der Waals surface area contributed by atoms with Gasteiger partial charge in [0.15, 0.2) is 11.0 Å². The van der Waals surface area contributed by atoms with Crippen LogP contribution < -0.4 is 10.6 Å². The highest BCUT2D eigenvalue weighted by molar-refractivity contribution is 7.99. The van der Waals surface area contributed by atoms with Crippen molar-refractivity contribution in [2.75, 3.05) is 17.7 Å². The lowest BCUT2D eigenvalue weighted by molar-refractivity contribution is -0.113. The number of aromatic nitrogens is 3. The topological polar surface area (TPSA) is 115 Å². The van der Waals surface area contributed by atoms with Crippen LogP contribution in [0.3, 0.4) is 0 Å². The normalized spacial score (nSPS) is 10.5. The van der Waals surface area contributed by atoms with E-state index in [1.807, 2.05) is 41.0 Å². The summed E-state index contributed by atoms with van der Waals surface area (Å²) in [6.07, 6.45) is 0. The van der Waals surface area contributed by atoms with Crippen molar-refractivity contribution >= 4 is 35.2 Å². The quantitative estimate of drug-likeness (QED) is 0.241. The zero-order chi connectivity index (χ0) is 26.0. The first kappa shape index (κ1) is 25.6. The number of ether oxygens (including phenoxy) is 1. The van der Waals surface area contributed by atoms with Gasteiger partial charge in [-0.1, -0.05) is 48.2 Å².